The first-order valence-electron chi connectivity index (χ1n) is 11.7. The molecule has 34 heavy (non-hydrogen) atoms. The minimum Gasteiger partial charge on any atom is -0.497 e. The van der Waals surface area contributed by atoms with Gasteiger partial charge in [-0.1, -0.05) is 30.3 Å². The molecule has 3 N–H and O–H groups in total. The maximum atomic E-state index is 12.8. The lowest BCUT2D eigenvalue weighted by molar-refractivity contribution is -0.128. The molecule has 1 saturated heterocycles. The molecule has 1 fully saturated rings. The third kappa shape index (κ3) is 4.23. The third-order valence-corrected chi connectivity index (χ3v) is 6.70. The van der Waals surface area contributed by atoms with Crippen molar-refractivity contribution in [3.05, 3.63) is 65.4 Å². The van der Waals surface area contributed by atoms with E-state index in [1.165, 1.54) is 10.5 Å². The van der Waals surface area contributed by atoms with Gasteiger partial charge in [-0.3, -0.25) is 14.5 Å². The van der Waals surface area contributed by atoms with Crippen LogP contribution in [0.3, 0.4) is 0 Å². The number of aromatic nitrogens is 1. The number of hydrogen-bond acceptors (Lipinski definition) is 4. The molecule has 8 nitrogen and oxygen atoms in total. The molecule has 1 aliphatic heterocycles. The Bertz CT molecular complexity index is 1240. The Morgan fingerprint density at radius 1 is 1.18 bits per heavy atom. The zero-order valence-electron chi connectivity index (χ0n) is 19.1. The minimum absolute atomic E-state index is 0.0990. The van der Waals surface area contributed by atoms with Gasteiger partial charge in [-0.05, 0) is 55.0 Å². The van der Waals surface area contributed by atoms with Crippen LogP contribution in [-0.4, -0.2) is 40.9 Å². The Balaban J connectivity index is 1.20. The summed E-state index contributed by atoms with van der Waals surface area (Å²) < 4.78 is 5.37. The van der Waals surface area contributed by atoms with Crippen LogP contribution in [0, 0.1) is 0 Å². The van der Waals surface area contributed by atoms with Crippen molar-refractivity contribution in [2.75, 3.05) is 7.11 Å². The zero-order valence-corrected chi connectivity index (χ0v) is 19.1. The van der Waals surface area contributed by atoms with E-state index in [1.54, 1.807) is 7.11 Å². The largest absolute Gasteiger partial charge is 0.497 e. The monoisotopic (exact) mass is 460 g/mol. The van der Waals surface area contributed by atoms with Gasteiger partial charge in [-0.25, -0.2) is 4.79 Å². The Morgan fingerprint density at radius 2 is 2.00 bits per heavy atom. The first kappa shape index (κ1) is 22.0. The van der Waals surface area contributed by atoms with Crippen molar-refractivity contribution in [3.63, 3.8) is 0 Å². The number of ether oxygens (including phenoxy) is 1. The van der Waals surface area contributed by atoms with Crippen LogP contribution >= 0.6 is 0 Å². The molecule has 2 heterocycles. The van der Waals surface area contributed by atoms with Crippen molar-refractivity contribution < 1.29 is 19.1 Å². The van der Waals surface area contributed by atoms with Gasteiger partial charge < -0.3 is 20.4 Å². The van der Waals surface area contributed by atoms with E-state index in [0.29, 0.717) is 0 Å². The molecule has 1 aromatic heterocycles. The standard InChI is InChI=1S/C26H28N4O4/c1-34-17-10-11-20-19(14-17)18-8-5-9-21(24(18)28-20)27-23(31)13-12-22-25(32)30(26(33)29-22)15-16-6-3-2-4-7-16/h2-4,6-7,10-11,14,21-22,28H,5,8-9,12-13,15H2,1H3,(H,27,31)(H,29,33)/t21-,22+/m1/s1. The average Bonchev–Trinajstić information content (AvgIpc) is 3.36. The Morgan fingerprint density at radius 3 is 2.79 bits per heavy atom. The molecular formula is C26H28N4O4. The van der Waals surface area contributed by atoms with E-state index in [-0.39, 0.29) is 37.2 Å². The summed E-state index contributed by atoms with van der Waals surface area (Å²) in [5.74, 6) is 0.397. The first-order chi connectivity index (χ1) is 16.5. The second kappa shape index (κ2) is 9.21. The van der Waals surface area contributed by atoms with Gasteiger partial charge in [-0.15, -0.1) is 0 Å². The summed E-state index contributed by atoms with van der Waals surface area (Å²) in [5, 5.41) is 6.97. The number of benzene rings is 2. The van der Waals surface area contributed by atoms with E-state index in [9.17, 15) is 14.4 Å². The second-order valence-corrected chi connectivity index (χ2v) is 8.89. The van der Waals surface area contributed by atoms with Crippen LogP contribution in [0.15, 0.2) is 48.5 Å². The SMILES string of the molecule is COc1ccc2[nH]c3c(c2c1)CCC[C@H]3NC(=O)CC[C@@H]1NC(=O)N(Cc2ccccc2)C1=O. The van der Waals surface area contributed by atoms with Crippen LogP contribution in [0.4, 0.5) is 4.79 Å². The fourth-order valence-electron chi connectivity index (χ4n) is 4.94. The van der Waals surface area contributed by atoms with Crippen molar-refractivity contribution in [2.45, 2.75) is 50.7 Å². The molecule has 0 spiro atoms. The fourth-order valence-corrected chi connectivity index (χ4v) is 4.94. The van der Waals surface area contributed by atoms with Crippen LogP contribution in [0.2, 0.25) is 0 Å². The van der Waals surface area contributed by atoms with Crippen LogP contribution in [0.5, 0.6) is 5.75 Å². The highest BCUT2D eigenvalue weighted by Gasteiger charge is 2.38. The van der Waals surface area contributed by atoms with Crippen LogP contribution in [0.25, 0.3) is 10.9 Å². The van der Waals surface area contributed by atoms with Crippen molar-refractivity contribution in [1.82, 2.24) is 20.5 Å². The number of methoxy groups -OCH3 is 1. The maximum absolute atomic E-state index is 12.8. The summed E-state index contributed by atoms with van der Waals surface area (Å²) in [4.78, 5) is 42.5. The zero-order chi connectivity index (χ0) is 23.7. The predicted octanol–water partition coefficient (Wildman–Crippen LogP) is 3.57. The molecular weight excluding hydrogens is 432 g/mol. The van der Waals surface area contributed by atoms with Gasteiger partial charge in [0.2, 0.25) is 5.91 Å². The average molecular weight is 461 g/mol. The van der Waals surface area contributed by atoms with Gasteiger partial charge in [-0.2, -0.15) is 0 Å². The number of H-pyrrole nitrogens is 1. The normalized spacial score (nSPS) is 19.7. The smallest absolute Gasteiger partial charge is 0.325 e. The van der Waals surface area contributed by atoms with Gasteiger partial charge in [0.1, 0.15) is 11.8 Å². The van der Waals surface area contributed by atoms with Crippen LogP contribution in [-0.2, 0) is 22.6 Å². The highest BCUT2D eigenvalue weighted by molar-refractivity contribution is 6.04. The number of fused-ring (bicyclic) bond motifs is 3. The van der Waals surface area contributed by atoms with E-state index in [4.69, 9.17) is 4.74 Å². The van der Waals surface area contributed by atoms with Crippen LogP contribution in [0.1, 0.15) is 48.5 Å². The van der Waals surface area contributed by atoms with Crippen molar-refractivity contribution in [1.29, 1.82) is 0 Å². The van der Waals surface area contributed by atoms with E-state index in [1.807, 2.05) is 48.5 Å². The number of nitrogens with zero attached hydrogens (tertiary/aromatic N) is 1. The summed E-state index contributed by atoms with van der Waals surface area (Å²) in [7, 11) is 1.65. The van der Waals surface area contributed by atoms with E-state index in [2.05, 4.69) is 15.6 Å². The molecule has 2 aliphatic rings. The molecule has 0 bridgehead atoms. The number of rotatable bonds is 7. The molecule has 4 amide bonds. The van der Waals surface area contributed by atoms with Crippen molar-refractivity contribution in [3.8, 4) is 5.75 Å². The maximum Gasteiger partial charge on any atom is 0.325 e. The van der Waals surface area contributed by atoms with Crippen molar-refractivity contribution in [2.24, 2.45) is 0 Å². The highest BCUT2D eigenvalue weighted by Crippen LogP contribution is 2.36. The minimum atomic E-state index is -0.676. The van der Waals surface area contributed by atoms with E-state index >= 15 is 0 Å². The summed E-state index contributed by atoms with van der Waals surface area (Å²) in [6.45, 7) is 0.226. The predicted molar refractivity (Wildman–Crippen MR) is 127 cm³/mol. The number of aromatic amines is 1. The molecule has 0 radical (unpaired) electrons. The third-order valence-electron chi connectivity index (χ3n) is 6.70. The van der Waals surface area contributed by atoms with Gasteiger partial charge in [0, 0.05) is 23.0 Å². The lowest BCUT2D eigenvalue weighted by Crippen LogP contribution is -2.34. The van der Waals surface area contributed by atoms with E-state index in [0.717, 1.165) is 47.2 Å². The van der Waals surface area contributed by atoms with Gasteiger partial charge in [0.15, 0.2) is 0 Å². The number of aryl methyl sites for hydroxylation is 1. The lowest BCUT2D eigenvalue weighted by atomic mass is 9.91. The number of amides is 4. The number of carbonyl (C=O) groups excluding carboxylic acids is 3. The Labute approximate surface area is 197 Å². The number of carbonyl (C=O) groups is 3. The summed E-state index contributed by atoms with van der Waals surface area (Å²) in [6, 6.07) is 14.1. The van der Waals surface area contributed by atoms with Gasteiger partial charge in [0.25, 0.3) is 5.91 Å². The Kier molecular flexibility index (Phi) is 5.96. The molecule has 0 saturated carbocycles. The van der Waals surface area contributed by atoms with Gasteiger partial charge in [0.05, 0.1) is 19.7 Å². The summed E-state index contributed by atoms with van der Waals surface area (Å²) in [5.41, 5.74) is 4.18. The molecule has 2 aromatic carbocycles. The number of urea groups is 1. The highest BCUT2D eigenvalue weighted by atomic mass is 16.5. The first-order valence-corrected chi connectivity index (χ1v) is 11.7. The Hall–Kier alpha value is -3.81. The second-order valence-electron chi connectivity index (χ2n) is 8.89. The quantitative estimate of drug-likeness (QED) is 0.469. The van der Waals surface area contributed by atoms with Crippen LogP contribution < -0.4 is 15.4 Å². The van der Waals surface area contributed by atoms with Gasteiger partial charge >= 0.3 is 6.03 Å². The molecule has 0 unspecified atom stereocenters. The summed E-state index contributed by atoms with van der Waals surface area (Å²) in [6.07, 6.45) is 3.22. The topological polar surface area (TPSA) is 104 Å². The molecule has 8 heteroatoms. The van der Waals surface area contributed by atoms with Crippen molar-refractivity contribution >= 4 is 28.7 Å². The lowest BCUT2D eigenvalue weighted by Gasteiger charge is -2.24. The number of nitrogens with one attached hydrogen (secondary N) is 3. The number of hydrogen-bond donors (Lipinski definition) is 3. The molecule has 5 rings (SSSR count). The number of imide groups is 1. The molecule has 2 atom stereocenters. The molecule has 3 aromatic rings. The van der Waals surface area contributed by atoms with E-state index < -0.39 is 12.1 Å². The molecule has 1 aliphatic carbocycles. The summed E-state index contributed by atoms with van der Waals surface area (Å²) >= 11 is 0. The molecule has 176 valence electrons. The fraction of sp³-hybridized carbons (Fsp3) is 0.346.